The zero-order chi connectivity index (χ0) is 21.0. The SMILES string of the molecule is CC(=O)N[C@@H](Cc1c[nH]c2ccccc12)C(=O)NCc1ccc(C(F)(F)F)cc1. The van der Waals surface area contributed by atoms with Gasteiger partial charge < -0.3 is 15.6 Å². The largest absolute Gasteiger partial charge is 0.416 e. The maximum absolute atomic E-state index is 12.6. The number of aromatic amines is 1. The Morgan fingerprint density at radius 1 is 1.07 bits per heavy atom. The molecule has 0 aliphatic carbocycles. The van der Waals surface area contributed by atoms with Gasteiger partial charge in [-0.15, -0.1) is 0 Å². The van der Waals surface area contributed by atoms with Gasteiger partial charge in [0.05, 0.1) is 5.56 Å². The summed E-state index contributed by atoms with van der Waals surface area (Å²) >= 11 is 0. The summed E-state index contributed by atoms with van der Waals surface area (Å²) in [4.78, 5) is 27.3. The van der Waals surface area contributed by atoms with E-state index in [4.69, 9.17) is 0 Å². The van der Waals surface area contributed by atoms with Gasteiger partial charge in [-0.05, 0) is 29.3 Å². The van der Waals surface area contributed by atoms with Crippen molar-refractivity contribution in [3.8, 4) is 0 Å². The Kier molecular flexibility index (Phi) is 5.91. The second-order valence-corrected chi connectivity index (χ2v) is 6.73. The fraction of sp³-hybridized carbons (Fsp3) is 0.238. The molecule has 0 fully saturated rings. The van der Waals surface area contributed by atoms with Gasteiger partial charge in [-0.3, -0.25) is 9.59 Å². The van der Waals surface area contributed by atoms with Crippen LogP contribution in [-0.4, -0.2) is 22.8 Å². The first-order valence-electron chi connectivity index (χ1n) is 9.00. The first-order chi connectivity index (χ1) is 13.7. The van der Waals surface area contributed by atoms with Gasteiger partial charge in [-0.2, -0.15) is 13.2 Å². The van der Waals surface area contributed by atoms with Gasteiger partial charge >= 0.3 is 6.18 Å². The van der Waals surface area contributed by atoms with Crippen LogP contribution in [0.1, 0.15) is 23.6 Å². The Balaban J connectivity index is 1.68. The number of aromatic nitrogens is 1. The molecule has 0 unspecified atom stereocenters. The van der Waals surface area contributed by atoms with Crippen LogP contribution in [0.5, 0.6) is 0 Å². The second-order valence-electron chi connectivity index (χ2n) is 6.73. The van der Waals surface area contributed by atoms with Gasteiger partial charge in [0.15, 0.2) is 0 Å². The maximum atomic E-state index is 12.6. The maximum Gasteiger partial charge on any atom is 0.416 e. The minimum atomic E-state index is -4.41. The van der Waals surface area contributed by atoms with Crippen LogP contribution in [-0.2, 0) is 28.7 Å². The molecule has 1 atom stereocenters. The van der Waals surface area contributed by atoms with Crippen LogP contribution in [0.3, 0.4) is 0 Å². The fourth-order valence-electron chi connectivity index (χ4n) is 3.10. The van der Waals surface area contributed by atoms with Crippen molar-refractivity contribution in [1.82, 2.24) is 15.6 Å². The summed E-state index contributed by atoms with van der Waals surface area (Å²) in [5.41, 5.74) is 1.58. The van der Waals surface area contributed by atoms with Gasteiger partial charge in [-0.25, -0.2) is 0 Å². The molecule has 0 saturated carbocycles. The number of benzene rings is 2. The Morgan fingerprint density at radius 2 is 1.76 bits per heavy atom. The zero-order valence-corrected chi connectivity index (χ0v) is 15.6. The number of nitrogens with one attached hydrogen (secondary N) is 3. The summed E-state index contributed by atoms with van der Waals surface area (Å²) < 4.78 is 37.9. The van der Waals surface area contributed by atoms with Crippen molar-refractivity contribution < 1.29 is 22.8 Å². The van der Waals surface area contributed by atoms with Crippen molar-refractivity contribution >= 4 is 22.7 Å². The summed E-state index contributed by atoms with van der Waals surface area (Å²) in [6.07, 6.45) is -2.33. The van der Waals surface area contributed by atoms with Gasteiger partial charge in [0.1, 0.15) is 6.04 Å². The van der Waals surface area contributed by atoms with E-state index in [1.807, 2.05) is 24.3 Å². The first kappa shape index (κ1) is 20.4. The van der Waals surface area contributed by atoms with Crippen LogP contribution in [0.15, 0.2) is 54.7 Å². The number of fused-ring (bicyclic) bond motifs is 1. The Bertz CT molecular complexity index is 1010. The predicted molar refractivity (Wildman–Crippen MR) is 103 cm³/mol. The average Bonchev–Trinajstić information content (AvgIpc) is 3.08. The van der Waals surface area contributed by atoms with Crippen molar-refractivity contribution in [2.24, 2.45) is 0 Å². The lowest BCUT2D eigenvalue weighted by atomic mass is 10.0. The molecule has 3 aromatic rings. The van der Waals surface area contributed by atoms with Crippen LogP contribution >= 0.6 is 0 Å². The third-order valence-electron chi connectivity index (χ3n) is 4.54. The van der Waals surface area contributed by atoms with Crippen LogP contribution in [0, 0.1) is 0 Å². The van der Waals surface area contributed by atoms with E-state index in [-0.39, 0.29) is 18.9 Å². The number of halogens is 3. The molecule has 0 spiro atoms. The molecule has 2 amide bonds. The number of para-hydroxylation sites is 1. The molecular weight excluding hydrogens is 383 g/mol. The molecule has 0 bridgehead atoms. The van der Waals surface area contributed by atoms with Gasteiger partial charge in [0.2, 0.25) is 11.8 Å². The highest BCUT2D eigenvalue weighted by molar-refractivity contribution is 5.89. The van der Waals surface area contributed by atoms with E-state index >= 15 is 0 Å². The highest BCUT2D eigenvalue weighted by Crippen LogP contribution is 2.29. The molecule has 0 saturated heterocycles. The summed E-state index contributed by atoms with van der Waals surface area (Å²) in [7, 11) is 0. The molecule has 29 heavy (non-hydrogen) atoms. The van der Waals surface area contributed by atoms with E-state index in [9.17, 15) is 22.8 Å². The average molecular weight is 403 g/mol. The summed E-state index contributed by atoms with van der Waals surface area (Å²) in [6.45, 7) is 1.38. The molecule has 1 aromatic heterocycles. The van der Waals surface area contributed by atoms with Crippen molar-refractivity contribution in [2.75, 3.05) is 0 Å². The van der Waals surface area contributed by atoms with Crippen molar-refractivity contribution in [1.29, 1.82) is 0 Å². The van der Waals surface area contributed by atoms with Crippen LogP contribution in [0.2, 0.25) is 0 Å². The summed E-state index contributed by atoms with van der Waals surface area (Å²) in [6, 6.07) is 11.4. The molecule has 3 N–H and O–H groups in total. The molecule has 0 aliphatic heterocycles. The lowest BCUT2D eigenvalue weighted by molar-refractivity contribution is -0.137. The topological polar surface area (TPSA) is 74.0 Å². The molecule has 0 radical (unpaired) electrons. The van der Waals surface area contributed by atoms with Crippen LogP contribution < -0.4 is 10.6 Å². The van der Waals surface area contributed by atoms with E-state index in [0.717, 1.165) is 28.6 Å². The quantitative estimate of drug-likeness (QED) is 0.589. The molecular formula is C21H20F3N3O2. The monoisotopic (exact) mass is 403 g/mol. The third kappa shape index (κ3) is 5.16. The van der Waals surface area contributed by atoms with E-state index in [0.29, 0.717) is 5.56 Å². The molecule has 5 nitrogen and oxygen atoms in total. The lowest BCUT2D eigenvalue weighted by Gasteiger charge is -2.17. The fourth-order valence-corrected chi connectivity index (χ4v) is 3.10. The van der Waals surface area contributed by atoms with Gasteiger partial charge in [0, 0.05) is 37.0 Å². The number of hydrogen-bond donors (Lipinski definition) is 3. The number of carbonyl (C=O) groups excluding carboxylic acids is 2. The number of alkyl halides is 3. The van der Waals surface area contributed by atoms with Crippen molar-refractivity contribution in [3.63, 3.8) is 0 Å². The Morgan fingerprint density at radius 3 is 2.41 bits per heavy atom. The third-order valence-corrected chi connectivity index (χ3v) is 4.54. The number of carbonyl (C=O) groups is 2. The Labute approximate surface area is 165 Å². The van der Waals surface area contributed by atoms with Crippen LogP contribution in [0.25, 0.3) is 10.9 Å². The molecule has 1 heterocycles. The normalized spacial score (nSPS) is 12.6. The first-order valence-corrected chi connectivity index (χ1v) is 9.00. The molecule has 152 valence electrons. The van der Waals surface area contributed by atoms with Gasteiger partial charge in [-0.1, -0.05) is 30.3 Å². The van der Waals surface area contributed by atoms with E-state index in [2.05, 4.69) is 15.6 Å². The van der Waals surface area contributed by atoms with E-state index in [1.54, 1.807) is 6.20 Å². The number of rotatable bonds is 6. The summed E-state index contributed by atoms with van der Waals surface area (Å²) in [5, 5.41) is 6.27. The predicted octanol–water partition coefficient (Wildman–Crippen LogP) is 3.55. The number of amides is 2. The standard InChI is InChI=1S/C21H20F3N3O2/c1-13(28)27-19(10-15-12-25-18-5-3-2-4-17(15)18)20(29)26-11-14-6-8-16(9-7-14)21(22,23)24/h2-9,12,19,25H,10-11H2,1H3,(H,26,29)(H,27,28)/t19-/m0/s1. The molecule has 8 heteroatoms. The molecule has 0 aliphatic rings. The van der Waals surface area contributed by atoms with Crippen LogP contribution in [0.4, 0.5) is 13.2 Å². The van der Waals surface area contributed by atoms with E-state index in [1.165, 1.54) is 19.1 Å². The highest BCUT2D eigenvalue weighted by atomic mass is 19.4. The second kappa shape index (κ2) is 8.38. The summed E-state index contributed by atoms with van der Waals surface area (Å²) in [5.74, 6) is -0.759. The smallest absolute Gasteiger partial charge is 0.361 e. The number of H-pyrrole nitrogens is 1. The van der Waals surface area contributed by atoms with E-state index < -0.39 is 23.7 Å². The number of hydrogen-bond acceptors (Lipinski definition) is 2. The van der Waals surface area contributed by atoms with Crippen molar-refractivity contribution in [2.45, 2.75) is 32.1 Å². The minimum absolute atomic E-state index is 0.0565. The lowest BCUT2D eigenvalue weighted by Crippen LogP contribution is -2.47. The Hall–Kier alpha value is -3.29. The van der Waals surface area contributed by atoms with Gasteiger partial charge in [0.25, 0.3) is 0 Å². The van der Waals surface area contributed by atoms with Crippen molar-refractivity contribution in [3.05, 3.63) is 71.4 Å². The minimum Gasteiger partial charge on any atom is -0.361 e. The zero-order valence-electron chi connectivity index (χ0n) is 15.6. The highest BCUT2D eigenvalue weighted by Gasteiger charge is 2.30. The molecule has 2 aromatic carbocycles. The molecule has 3 rings (SSSR count).